The Hall–Kier alpha value is -0.580. The maximum absolute atomic E-state index is 6.12. The van der Waals surface area contributed by atoms with E-state index in [0.29, 0.717) is 35.0 Å². The van der Waals surface area contributed by atoms with Gasteiger partial charge in [0.1, 0.15) is 10.8 Å². The van der Waals surface area contributed by atoms with E-state index >= 15 is 0 Å². The molecule has 0 saturated carbocycles. The number of morpholine rings is 1. The molecule has 1 fully saturated rings. The van der Waals surface area contributed by atoms with Crippen LogP contribution in [-0.2, 0) is 4.74 Å². The van der Waals surface area contributed by atoms with Crippen LogP contribution in [0.4, 0.5) is 5.82 Å². The molecule has 0 bridgehead atoms. The lowest BCUT2D eigenvalue weighted by Gasteiger charge is -2.34. The molecular weight excluding hydrogens is 249 g/mol. The van der Waals surface area contributed by atoms with Crippen molar-refractivity contribution in [2.45, 2.75) is 19.9 Å². The second kappa shape index (κ2) is 4.73. The van der Waals surface area contributed by atoms with Crippen molar-refractivity contribution in [2.24, 2.45) is 0 Å². The zero-order valence-electron chi connectivity index (χ0n) is 9.20. The zero-order valence-corrected chi connectivity index (χ0v) is 10.7. The van der Waals surface area contributed by atoms with Crippen molar-refractivity contribution < 1.29 is 4.74 Å². The lowest BCUT2D eigenvalue weighted by atomic mass is 10.2. The first kappa shape index (κ1) is 11.9. The van der Waals surface area contributed by atoms with Crippen LogP contribution in [0.3, 0.4) is 0 Å². The van der Waals surface area contributed by atoms with Crippen LogP contribution in [0.15, 0.2) is 0 Å². The van der Waals surface area contributed by atoms with Crippen molar-refractivity contribution in [1.29, 1.82) is 0 Å². The maximum Gasteiger partial charge on any atom is 0.153 e. The van der Waals surface area contributed by atoms with Crippen LogP contribution in [0, 0.1) is 6.92 Å². The molecule has 0 N–H and O–H groups in total. The third kappa shape index (κ3) is 2.24. The summed E-state index contributed by atoms with van der Waals surface area (Å²) in [7, 11) is 0. The molecule has 88 valence electrons. The molecule has 2 heterocycles. The van der Waals surface area contributed by atoms with Gasteiger partial charge in [0.15, 0.2) is 11.0 Å². The van der Waals surface area contributed by atoms with Crippen LogP contribution < -0.4 is 4.90 Å². The molecule has 1 aromatic rings. The number of hydrogen-bond donors (Lipinski definition) is 0. The van der Waals surface area contributed by atoms with Crippen molar-refractivity contribution >= 4 is 29.0 Å². The Morgan fingerprint density at radius 1 is 1.38 bits per heavy atom. The Morgan fingerprint density at radius 3 is 2.81 bits per heavy atom. The minimum absolute atomic E-state index is 0.247. The van der Waals surface area contributed by atoms with Gasteiger partial charge >= 0.3 is 0 Å². The third-order valence-corrected chi connectivity index (χ3v) is 3.26. The third-order valence-electron chi connectivity index (χ3n) is 2.54. The molecule has 1 aliphatic rings. The standard InChI is InChI=1S/C10H13Cl2N3O/c1-6-5-16-4-3-15(6)10-8(11)9(12)13-7(2)14-10/h6H,3-5H2,1-2H3/t6-/m1/s1. The molecule has 4 nitrogen and oxygen atoms in total. The van der Waals surface area contributed by atoms with E-state index in [2.05, 4.69) is 21.8 Å². The van der Waals surface area contributed by atoms with Gasteiger partial charge in [0, 0.05) is 6.54 Å². The first-order valence-corrected chi connectivity index (χ1v) is 5.89. The van der Waals surface area contributed by atoms with E-state index in [1.54, 1.807) is 6.92 Å². The van der Waals surface area contributed by atoms with E-state index in [1.165, 1.54) is 0 Å². The minimum Gasteiger partial charge on any atom is -0.377 e. The smallest absolute Gasteiger partial charge is 0.153 e. The van der Waals surface area contributed by atoms with Gasteiger partial charge in [-0.15, -0.1) is 0 Å². The quantitative estimate of drug-likeness (QED) is 0.728. The number of aromatic nitrogens is 2. The van der Waals surface area contributed by atoms with Gasteiger partial charge in [-0.2, -0.15) is 0 Å². The largest absolute Gasteiger partial charge is 0.377 e. The topological polar surface area (TPSA) is 38.2 Å². The van der Waals surface area contributed by atoms with Gasteiger partial charge < -0.3 is 9.64 Å². The molecule has 16 heavy (non-hydrogen) atoms. The average Bonchev–Trinajstić information content (AvgIpc) is 2.24. The fraction of sp³-hybridized carbons (Fsp3) is 0.600. The van der Waals surface area contributed by atoms with E-state index in [4.69, 9.17) is 27.9 Å². The molecule has 2 rings (SSSR count). The Bertz CT molecular complexity index is 400. The summed E-state index contributed by atoms with van der Waals surface area (Å²) < 4.78 is 5.37. The fourth-order valence-corrected chi connectivity index (χ4v) is 2.14. The van der Waals surface area contributed by atoms with Gasteiger partial charge in [-0.3, -0.25) is 0 Å². The molecule has 1 aromatic heterocycles. The first-order valence-electron chi connectivity index (χ1n) is 5.13. The molecule has 6 heteroatoms. The van der Waals surface area contributed by atoms with Gasteiger partial charge in [-0.1, -0.05) is 23.2 Å². The molecule has 0 spiro atoms. The molecule has 0 amide bonds. The number of rotatable bonds is 1. The second-order valence-electron chi connectivity index (χ2n) is 3.82. The average molecular weight is 262 g/mol. The van der Waals surface area contributed by atoms with Gasteiger partial charge in [0.2, 0.25) is 0 Å². The summed E-state index contributed by atoms with van der Waals surface area (Å²) in [5.74, 6) is 1.33. The summed E-state index contributed by atoms with van der Waals surface area (Å²) in [6, 6.07) is 0.247. The lowest BCUT2D eigenvalue weighted by molar-refractivity contribution is 0.0985. The number of ether oxygens (including phenoxy) is 1. The number of halogens is 2. The molecule has 0 radical (unpaired) electrons. The Kier molecular flexibility index (Phi) is 3.52. The van der Waals surface area contributed by atoms with Crippen molar-refractivity contribution in [3.8, 4) is 0 Å². The SMILES string of the molecule is Cc1nc(Cl)c(Cl)c(N2CCOC[C@H]2C)n1. The fourth-order valence-electron chi connectivity index (χ4n) is 1.74. The van der Waals surface area contributed by atoms with E-state index in [-0.39, 0.29) is 6.04 Å². The highest BCUT2D eigenvalue weighted by molar-refractivity contribution is 6.42. The van der Waals surface area contributed by atoms with Crippen LogP contribution >= 0.6 is 23.2 Å². The number of hydrogen-bond acceptors (Lipinski definition) is 4. The number of anilines is 1. The molecule has 1 atom stereocenters. The molecular formula is C10H13Cl2N3O. The van der Waals surface area contributed by atoms with Crippen molar-refractivity contribution in [1.82, 2.24) is 9.97 Å². The highest BCUT2D eigenvalue weighted by Crippen LogP contribution is 2.31. The number of aryl methyl sites for hydroxylation is 1. The molecule has 1 saturated heterocycles. The Morgan fingerprint density at radius 2 is 2.12 bits per heavy atom. The highest BCUT2D eigenvalue weighted by Gasteiger charge is 2.24. The van der Waals surface area contributed by atoms with Gasteiger partial charge in [0.05, 0.1) is 19.3 Å². The van der Waals surface area contributed by atoms with Crippen LogP contribution in [0.5, 0.6) is 0 Å². The van der Waals surface area contributed by atoms with Crippen LogP contribution in [-0.4, -0.2) is 35.8 Å². The van der Waals surface area contributed by atoms with E-state index in [9.17, 15) is 0 Å². The van der Waals surface area contributed by atoms with E-state index in [1.807, 2.05) is 0 Å². The van der Waals surface area contributed by atoms with Crippen LogP contribution in [0.1, 0.15) is 12.7 Å². The summed E-state index contributed by atoms with van der Waals surface area (Å²) in [6.07, 6.45) is 0. The minimum atomic E-state index is 0.247. The van der Waals surface area contributed by atoms with E-state index < -0.39 is 0 Å². The first-order chi connectivity index (χ1) is 7.59. The van der Waals surface area contributed by atoms with Crippen LogP contribution in [0.25, 0.3) is 0 Å². The van der Waals surface area contributed by atoms with Crippen molar-refractivity contribution in [3.63, 3.8) is 0 Å². The van der Waals surface area contributed by atoms with Crippen molar-refractivity contribution in [3.05, 3.63) is 16.0 Å². The molecule has 0 unspecified atom stereocenters. The zero-order chi connectivity index (χ0) is 11.7. The maximum atomic E-state index is 6.12. The monoisotopic (exact) mass is 261 g/mol. The Labute approximate surface area is 105 Å². The molecule has 0 aliphatic carbocycles. The lowest BCUT2D eigenvalue weighted by Crippen LogP contribution is -2.44. The number of nitrogens with zero attached hydrogens (tertiary/aromatic N) is 3. The Balaban J connectivity index is 2.38. The normalized spacial score (nSPS) is 21.2. The predicted molar refractivity (Wildman–Crippen MR) is 64.4 cm³/mol. The second-order valence-corrected chi connectivity index (χ2v) is 4.55. The summed E-state index contributed by atoms with van der Waals surface area (Å²) in [5, 5.41) is 0.726. The summed E-state index contributed by atoms with van der Waals surface area (Å²) in [4.78, 5) is 10.5. The van der Waals surface area contributed by atoms with Crippen LogP contribution in [0.2, 0.25) is 10.2 Å². The van der Waals surface area contributed by atoms with E-state index in [0.717, 1.165) is 6.54 Å². The van der Waals surface area contributed by atoms with Gasteiger partial charge in [-0.25, -0.2) is 9.97 Å². The predicted octanol–water partition coefficient (Wildman–Crippen LogP) is 2.32. The van der Waals surface area contributed by atoms with Gasteiger partial charge in [-0.05, 0) is 13.8 Å². The molecule has 0 aromatic carbocycles. The summed E-state index contributed by atoms with van der Waals surface area (Å²) in [5.41, 5.74) is 0. The summed E-state index contributed by atoms with van der Waals surface area (Å²) >= 11 is 12.1. The van der Waals surface area contributed by atoms with Gasteiger partial charge in [0.25, 0.3) is 0 Å². The highest BCUT2D eigenvalue weighted by atomic mass is 35.5. The van der Waals surface area contributed by atoms with Crippen molar-refractivity contribution in [2.75, 3.05) is 24.7 Å². The molecule has 1 aliphatic heterocycles. The summed E-state index contributed by atoms with van der Waals surface area (Å²) in [6.45, 7) is 6.00.